The van der Waals surface area contributed by atoms with Crippen LogP contribution in [0, 0.1) is 17.8 Å². The van der Waals surface area contributed by atoms with Crippen LogP contribution in [0.5, 0.6) is 0 Å². The van der Waals surface area contributed by atoms with Crippen LogP contribution in [0.3, 0.4) is 0 Å². The van der Waals surface area contributed by atoms with E-state index in [9.17, 15) is 0 Å². The molecule has 20 heavy (non-hydrogen) atoms. The summed E-state index contributed by atoms with van der Waals surface area (Å²) in [6.07, 6.45) is 13.1. The minimum Gasteiger partial charge on any atom is -0.312 e. The summed E-state index contributed by atoms with van der Waals surface area (Å²) in [4.78, 5) is 2.79. The van der Waals surface area contributed by atoms with Crippen LogP contribution in [0.1, 0.15) is 64.7 Å². The standard InChI is InChI=1S/C18H34N2/c1-2-3-5-17-10-18(19-11-15-6-4-7-15)14-20(13-17)12-16-8-9-16/h15-19H,2-14H2,1H3. The highest BCUT2D eigenvalue weighted by Crippen LogP contribution is 2.32. The fourth-order valence-electron chi connectivity index (χ4n) is 4.00. The highest BCUT2D eigenvalue weighted by molar-refractivity contribution is 4.87. The quantitative estimate of drug-likeness (QED) is 0.729. The molecule has 1 N–H and O–H groups in total. The highest BCUT2D eigenvalue weighted by atomic mass is 15.2. The van der Waals surface area contributed by atoms with Crippen molar-refractivity contribution in [3.63, 3.8) is 0 Å². The Morgan fingerprint density at radius 2 is 1.85 bits per heavy atom. The summed E-state index contributed by atoms with van der Waals surface area (Å²) in [6.45, 7) is 7.73. The topological polar surface area (TPSA) is 15.3 Å². The van der Waals surface area contributed by atoms with Gasteiger partial charge in [-0.25, -0.2) is 0 Å². The molecule has 0 radical (unpaired) electrons. The van der Waals surface area contributed by atoms with Gasteiger partial charge in [-0.15, -0.1) is 0 Å². The van der Waals surface area contributed by atoms with E-state index in [2.05, 4.69) is 17.1 Å². The van der Waals surface area contributed by atoms with Crippen molar-refractivity contribution in [1.82, 2.24) is 10.2 Å². The SMILES string of the molecule is CCCCC1CC(NCC2CCC2)CN(CC2CC2)C1. The predicted molar refractivity (Wildman–Crippen MR) is 85.9 cm³/mol. The van der Waals surface area contributed by atoms with E-state index >= 15 is 0 Å². The molecule has 2 heteroatoms. The lowest BCUT2D eigenvalue weighted by Gasteiger charge is -2.39. The summed E-state index contributed by atoms with van der Waals surface area (Å²) in [7, 11) is 0. The van der Waals surface area contributed by atoms with Crippen molar-refractivity contribution < 1.29 is 0 Å². The second-order valence-corrected chi connectivity index (χ2v) is 7.81. The number of rotatable bonds is 8. The first-order valence-corrected chi connectivity index (χ1v) is 9.29. The van der Waals surface area contributed by atoms with Crippen molar-refractivity contribution in [2.75, 3.05) is 26.2 Å². The van der Waals surface area contributed by atoms with E-state index < -0.39 is 0 Å². The monoisotopic (exact) mass is 278 g/mol. The predicted octanol–water partition coefficient (Wildman–Crippen LogP) is 3.67. The van der Waals surface area contributed by atoms with Crippen molar-refractivity contribution in [2.24, 2.45) is 17.8 Å². The van der Waals surface area contributed by atoms with Crippen molar-refractivity contribution in [1.29, 1.82) is 0 Å². The molecule has 2 nitrogen and oxygen atoms in total. The lowest BCUT2D eigenvalue weighted by Crippen LogP contribution is -2.51. The fraction of sp³-hybridized carbons (Fsp3) is 1.00. The first kappa shape index (κ1) is 14.8. The van der Waals surface area contributed by atoms with Gasteiger partial charge in [-0.1, -0.05) is 26.2 Å². The smallest absolute Gasteiger partial charge is 0.0198 e. The third-order valence-electron chi connectivity index (χ3n) is 5.71. The van der Waals surface area contributed by atoms with Crippen LogP contribution < -0.4 is 5.32 Å². The Labute approximate surface area is 125 Å². The Bertz CT molecular complexity index is 283. The number of hydrogen-bond donors (Lipinski definition) is 1. The molecule has 0 aromatic heterocycles. The van der Waals surface area contributed by atoms with Crippen LogP contribution in [0.4, 0.5) is 0 Å². The van der Waals surface area contributed by atoms with Gasteiger partial charge in [0.15, 0.2) is 0 Å². The summed E-state index contributed by atoms with van der Waals surface area (Å²) in [6, 6.07) is 0.782. The molecule has 3 aliphatic rings. The van der Waals surface area contributed by atoms with Crippen LogP contribution in [0.25, 0.3) is 0 Å². The Morgan fingerprint density at radius 3 is 2.50 bits per heavy atom. The summed E-state index contributed by atoms with van der Waals surface area (Å²) >= 11 is 0. The zero-order valence-electron chi connectivity index (χ0n) is 13.4. The second-order valence-electron chi connectivity index (χ2n) is 7.81. The van der Waals surface area contributed by atoms with Gasteiger partial charge in [-0.3, -0.25) is 0 Å². The van der Waals surface area contributed by atoms with Gasteiger partial charge in [0.25, 0.3) is 0 Å². The molecule has 1 aliphatic heterocycles. The van der Waals surface area contributed by atoms with E-state index in [0.29, 0.717) is 0 Å². The Balaban J connectivity index is 1.45. The van der Waals surface area contributed by atoms with Crippen LogP contribution in [-0.4, -0.2) is 37.1 Å². The minimum absolute atomic E-state index is 0.782. The summed E-state index contributed by atoms with van der Waals surface area (Å²) in [5.74, 6) is 3.01. The third-order valence-corrected chi connectivity index (χ3v) is 5.71. The largest absolute Gasteiger partial charge is 0.312 e. The van der Waals surface area contributed by atoms with Gasteiger partial charge in [-0.2, -0.15) is 0 Å². The zero-order chi connectivity index (χ0) is 13.8. The van der Waals surface area contributed by atoms with Crippen LogP contribution in [0.15, 0.2) is 0 Å². The average molecular weight is 278 g/mol. The number of nitrogens with one attached hydrogen (secondary N) is 1. The van der Waals surface area contributed by atoms with Gasteiger partial charge < -0.3 is 10.2 Å². The molecule has 0 amide bonds. The Kier molecular flexibility index (Phi) is 5.39. The lowest BCUT2D eigenvalue weighted by atomic mass is 9.84. The van der Waals surface area contributed by atoms with E-state index in [1.165, 1.54) is 84.0 Å². The molecule has 0 aromatic carbocycles. The summed E-state index contributed by atoms with van der Waals surface area (Å²) in [5, 5.41) is 3.91. The summed E-state index contributed by atoms with van der Waals surface area (Å²) in [5.41, 5.74) is 0. The fourth-order valence-corrected chi connectivity index (χ4v) is 4.00. The maximum atomic E-state index is 3.91. The zero-order valence-corrected chi connectivity index (χ0v) is 13.4. The first-order chi connectivity index (χ1) is 9.83. The molecule has 1 saturated heterocycles. The maximum absolute atomic E-state index is 3.91. The lowest BCUT2D eigenvalue weighted by molar-refractivity contribution is 0.124. The third kappa shape index (κ3) is 4.46. The van der Waals surface area contributed by atoms with E-state index in [1.807, 2.05) is 0 Å². The van der Waals surface area contributed by atoms with Gasteiger partial charge in [0, 0.05) is 25.7 Å². The molecule has 0 aromatic rings. The highest BCUT2D eigenvalue weighted by Gasteiger charge is 2.31. The Morgan fingerprint density at radius 1 is 1.00 bits per heavy atom. The summed E-state index contributed by atoms with van der Waals surface area (Å²) < 4.78 is 0. The molecule has 1 heterocycles. The van der Waals surface area contributed by atoms with Gasteiger partial charge in [0.1, 0.15) is 0 Å². The van der Waals surface area contributed by atoms with Crippen LogP contribution in [0.2, 0.25) is 0 Å². The van der Waals surface area contributed by atoms with E-state index in [1.54, 1.807) is 0 Å². The second kappa shape index (κ2) is 7.26. The minimum atomic E-state index is 0.782. The van der Waals surface area contributed by atoms with Crippen molar-refractivity contribution >= 4 is 0 Å². The van der Waals surface area contributed by atoms with Gasteiger partial charge >= 0.3 is 0 Å². The van der Waals surface area contributed by atoms with Crippen molar-refractivity contribution in [3.8, 4) is 0 Å². The molecular weight excluding hydrogens is 244 g/mol. The van der Waals surface area contributed by atoms with E-state index in [-0.39, 0.29) is 0 Å². The Hall–Kier alpha value is -0.0800. The molecule has 3 rings (SSSR count). The van der Waals surface area contributed by atoms with Crippen molar-refractivity contribution in [2.45, 2.75) is 70.8 Å². The molecule has 2 saturated carbocycles. The van der Waals surface area contributed by atoms with E-state index in [0.717, 1.165) is 23.8 Å². The molecule has 2 atom stereocenters. The normalized spacial score (nSPS) is 32.2. The van der Waals surface area contributed by atoms with Gasteiger partial charge in [0.05, 0.1) is 0 Å². The van der Waals surface area contributed by atoms with Crippen LogP contribution in [-0.2, 0) is 0 Å². The molecule has 116 valence electrons. The number of nitrogens with zero attached hydrogens (tertiary/aromatic N) is 1. The van der Waals surface area contributed by atoms with E-state index in [4.69, 9.17) is 0 Å². The maximum Gasteiger partial charge on any atom is 0.0198 e. The number of likely N-dealkylation sites (tertiary alicyclic amines) is 1. The van der Waals surface area contributed by atoms with Crippen LogP contribution >= 0.6 is 0 Å². The molecular formula is C18H34N2. The van der Waals surface area contributed by atoms with Gasteiger partial charge in [0.2, 0.25) is 0 Å². The van der Waals surface area contributed by atoms with Crippen molar-refractivity contribution in [3.05, 3.63) is 0 Å². The number of piperidine rings is 1. The molecule has 2 unspecified atom stereocenters. The first-order valence-electron chi connectivity index (χ1n) is 9.29. The molecule has 0 bridgehead atoms. The van der Waals surface area contributed by atoms with Gasteiger partial charge in [-0.05, 0) is 62.8 Å². The molecule has 0 spiro atoms. The number of unbranched alkanes of at least 4 members (excludes halogenated alkanes) is 1. The molecule has 3 fully saturated rings. The average Bonchev–Trinajstić information content (AvgIpc) is 3.18. The molecule has 2 aliphatic carbocycles. The number of hydrogen-bond acceptors (Lipinski definition) is 2.